The number of aliphatic imine (C=N–C) groups is 1. The molecule has 1 heterocycles. The van der Waals surface area contributed by atoms with Crippen LogP contribution < -0.4 is 16.4 Å². The number of hydrogen-bond acceptors (Lipinski definition) is 3. The molecular weight excluding hydrogens is 246 g/mol. The molecule has 0 radical (unpaired) electrons. The van der Waals surface area contributed by atoms with Crippen LogP contribution in [0, 0.1) is 19.3 Å². The summed E-state index contributed by atoms with van der Waals surface area (Å²) in [5.41, 5.74) is 7.36. The zero-order chi connectivity index (χ0) is 13.4. The first-order valence-corrected chi connectivity index (χ1v) is 5.73. The molecule has 0 fully saturated rings. The lowest BCUT2D eigenvalue weighted by atomic mass is 10.2. The molecule has 0 bridgehead atoms. The largest absolute Gasteiger partial charge is 0.376 e. The lowest BCUT2D eigenvalue weighted by molar-refractivity contribution is 0.919. The van der Waals surface area contributed by atoms with E-state index in [9.17, 15) is 0 Å². The first-order valence-electron chi connectivity index (χ1n) is 5.32. The van der Waals surface area contributed by atoms with E-state index < -0.39 is 0 Å². The number of guanidine groups is 1. The topological polar surface area (TPSA) is 75.3 Å². The van der Waals surface area contributed by atoms with Gasteiger partial charge in [0.25, 0.3) is 0 Å². The summed E-state index contributed by atoms with van der Waals surface area (Å²) in [6.45, 7) is 2.75. The fourth-order valence-electron chi connectivity index (χ4n) is 1.23. The molecule has 0 saturated carbocycles. The highest BCUT2D eigenvalue weighted by atomic mass is 32.1. The minimum absolute atomic E-state index is 0.135. The molecule has 6 heteroatoms. The van der Waals surface area contributed by atoms with Crippen LogP contribution in [0.4, 0.5) is 0 Å². The van der Waals surface area contributed by atoms with Gasteiger partial charge in [-0.25, -0.2) is 4.99 Å². The number of nitrogens with two attached hydrogens (primary N) is 1. The Hall–Kier alpha value is -2.13. The molecular formula is C12H15N5S. The molecule has 1 aromatic rings. The second kappa shape index (κ2) is 7.25. The van der Waals surface area contributed by atoms with Crippen LogP contribution in [0.25, 0.3) is 0 Å². The molecule has 0 unspecified atom stereocenters. The lowest BCUT2D eigenvalue weighted by Crippen LogP contribution is -2.43. The minimum atomic E-state index is 0.135. The van der Waals surface area contributed by atoms with Crippen molar-refractivity contribution in [3.8, 4) is 12.3 Å². The third kappa shape index (κ3) is 4.80. The van der Waals surface area contributed by atoms with Crippen molar-refractivity contribution in [1.29, 1.82) is 0 Å². The number of nitrogens with one attached hydrogen (secondary N) is 2. The molecule has 4 N–H and O–H groups in total. The first kappa shape index (κ1) is 13.9. The van der Waals surface area contributed by atoms with Crippen LogP contribution in [-0.2, 0) is 6.54 Å². The number of aryl methyl sites for hydroxylation is 1. The van der Waals surface area contributed by atoms with Crippen molar-refractivity contribution in [2.45, 2.75) is 13.5 Å². The third-order valence-electron chi connectivity index (χ3n) is 2.10. The molecule has 0 saturated heterocycles. The fraction of sp³-hybridized carbons (Fsp3) is 0.250. The van der Waals surface area contributed by atoms with E-state index in [2.05, 4.69) is 26.5 Å². The van der Waals surface area contributed by atoms with Gasteiger partial charge in [-0.05, 0) is 30.8 Å². The average Bonchev–Trinajstić information content (AvgIpc) is 2.34. The number of thiocarbonyl (C=S) groups is 1. The molecule has 0 atom stereocenters. The maximum Gasteiger partial charge on any atom is 0.198 e. The summed E-state index contributed by atoms with van der Waals surface area (Å²) >= 11 is 4.76. The number of hydrogen-bond donors (Lipinski definition) is 3. The van der Waals surface area contributed by atoms with Gasteiger partial charge in [0.05, 0.1) is 18.8 Å². The van der Waals surface area contributed by atoms with Crippen LogP contribution in [0.3, 0.4) is 0 Å². The molecule has 1 rings (SSSR count). The van der Waals surface area contributed by atoms with Gasteiger partial charge in [0.2, 0.25) is 0 Å². The van der Waals surface area contributed by atoms with E-state index in [1.165, 1.54) is 0 Å². The van der Waals surface area contributed by atoms with Crippen LogP contribution in [0.5, 0.6) is 0 Å². The average molecular weight is 261 g/mol. The maximum atomic E-state index is 5.40. The van der Waals surface area contributed by atoms with Crippen LogP contribution in [0.1, 0.15) is 11.3 Å². The van der Waals surface area contributed by atoms with Crippen molar-refractivity contribution in [1.82, 2.24) is 15.6 Å². The monoisotopic (exact) mass is 261 g/mol. The molecule has 18 heavy (non-hydrogen) atoms. The van der Waals surface area contributed by atoms with Gasteiger partial charge in [-0.2, -0.15) is 0 Å². The van der Waals surface area contributed by atoms with Gasteiger partial charge in [0.15, 0.2) is 11.1 Å². The standard InChI is InChI=1S/C12H15N5S/c1-3-6-15-12(17-11(13)18)16-8-10-9(2)5-4-7-14-10/h1,4-5,7H,6,8H2,2H3,(H4,13,15,16,17,18). The maximum absolute atomic E-state index is 5.40. The Morgan fingerprint density at radius 1 is 1.67 bits per heavy atom. The fourth-order valence-corrected chi connectivity index (χ4v) is 1.33. The highest BCUT2D eigenvalue weighted by Gasteiger charge is 2.01. The van der Waals surface area contributed by atoms with Crippen molar-refractivity contribution >= 4 is 23.3 Å². The predicted molar refractivity (Wildman–Crippen MR) is 76.9 cm³/mol. The molecule has 1 aromatic heterocycles. The Morgan fingerprint density at radius 3 is 3.06 bits per heavy atom. The Labute approximate surface area is 112 Å². The van der Waals surface area contributed by atoms with E-state index >= 15 is 0 Å². The second-order valence-electron chi connectivity index (χ2n) is 3.48. The molecule has 0 aliphatic rings. The zero-order valence-electron chi connectivity index (χ0n) is 10.1. The van der Waals surface area contributed by atoms with E-state index in [0.29, 0.717) is 19.0 Å². The number of nitrogens with zero attached hydrogens (tertiary/aromatic N) is 2. The van der Waals surface area contributed by atoms with E-state index in [0.717, 1.165) is 11.3 Å². The van der Waals surface area contributed by atoms with Gasteiger partial charge < -0.3 is 16.4 Å². The van der Waals surface area contributed by atoms with Crippen molar-refractivity contribution in [3.05, 3.63) is 29.6 Å². The first-order chi connectivity index (χ1) is 8.63. The van der Waals surface area contributed by atoms with Crippen LogP contribution in [0.15, 0.2) is 23.3 Å². The van der Waals surface area contributed by atoms with Crippen molar-refractivity contribution in [3.63, 3.8) is 0 Å². The Balaban J connectivity index is 2.73. The third-order valence-corrected chi connectivity index (χ3v) is 2.21. The van der Waals surface area contributed by atoms with Gasteiger partial charge in [-0.15, -0.1) is 6.42 Å². The Morgan fingerprint density at radius 2 is 2.44 bits per heavy atom. The number of terminal acetylenes is 1. The van der Waals surface area contributed by atoms with E-state index in [1.54, 1.807) is 6.20 Å². The minimum Gasteiger partial charge on any atom is -0.376 e. The summed E-state index contributed by atoms with van der Waals surface area (Å²) < 4.78 is 0. The van der Waals surface area contributed by atoms with Gasteiger partial charge in [-0.3, -0.25) is 4.98 Å². The lowest BCUT2D eigenvalue weighted by Gasteiger charge is -2.09. The van der Waals surface area contributed by atoms with Crippen molar-refractivity contribution in [2.24, 2.45) is 10.7 Å². The van der Waals surface area contributed by atoms with E-state index in [1.807, 2.05) is 19.1 Å². The van der Waals surface area contributed by atoms with Gasteiger partial charge in [0, 0.05) is 6.20 Å². The molecule has 0 aliphatic carbocycles. The van der Waals surface area contributed by atoms with Gasteiger partial charge in [-0.1, -0.05) is 12.0 Å². The van der Waals surface area contributed by atoms with Crippen LogP contribution in [0.2, 0.25) is 0 Å². The zero-order valence-corrected chi connectivity index (χ0v) is 10.9. The predicted octanol–water partition coefficient (Wildman–Crippen LogP) is 0.302. The second-order valence-corrected chi connectivity index (χ2v) is 3.92. The van der Waals surface area contributed by atoms with E-state index in [-0.39, 0.29) is 5.11 Å². The van der Waals surface area contributed by atoms with Crippen molar-refractivity contribution < 1.29 is 0 Å². The van der Waals surface area contributed by atoms with Crippen LogP contribution >= 0.6 is 12.2 Å². The van der Waals surface area contributed by atoms with E-state index in [4.69, 9.17) is 24.4 Å². The molecule has 0 aliphatic heterocycles. The van der Waals surface area contributed by atoms with Crippen molar-refractivity contribution in [2.75, 3.05) is 6.54 Å². The quantitative estimate of drug-likeness (QED) is 0.316. The summed E-state index contributed by atoms with van der Waals surface area (Å²) in [5.74, 6) is 2.90. The normalized spacial score (nSPS) is 10.6. The molecule has 0 amide bonds. The molecule has 5 nitrogen and oxygen atoms in total. The Bertz CT molecular complexity index is 489. The Kier molecular flexibility index (Phi) is 5.61. The number of pyridine rings is 1. The summed E-state index contributed by atoms with van der Waals surface area (Å²) in [4.78, 5) is 8.54. The smallest absolute Gasteiger partial charge is 0.198 e. The van der Waals surface area contributed by atoms with Crippen LogP contribution in [-0.4, -0.2) is 22.6 Å². The van der Waals surface area contributed by atoms with Gasteiger partial charge >= 0.3 is 0 Å². The molecule has 0 spiro atoms. The summed E-state index contributed by atoms with van der Waals surface area (Å²) in [5, 5.41) is 5.76. The highest BCUT2D eigenvalue weighted by molar-refractivity contribution is 7.80. The molecule has 94 valence electrons. The summed E-state index contributed by atoms with van der Waals surface area (Å²) in [6, 6.07) is 3.86. The summed E-state index contributed by atoms with van der Waals surface area (Å²) in [6.07, 6.45) is 6.90. The molecule has 0 aromatic carbocycles. The highest BCUT2D eigenvalue weighted by Crippen LogP contribution is 2.03. The number of aromatic nitrogens is 1. The van der Waals surface area contributed by atoms with Gasteiger partial charge in [0.1, 0.15) is 0 Å². The number of rotatable bonds is 3. The SMILES string of the molecule is C#CCNC(=NCc1ncccc1C)NC(N)=S. The summed E-state index contributed by atoms with van der Waals surface area (Å²) in [7, 11) is 0.